The van der Waals surface area contributed by atoms with Crippen LogP contribution in [-0.4, -0.2) is 19.1 Å². The molecule has 0 bridgehead atoms. The van der Waals surface area contributed by atoms with E-state index in [9.17, 15) is 0 Å². The van der Waals surface area contributed by atoms with Crippen LogP contribution in [0.4, 0.5) is 0 Å². The van der Waals surface area contributed by atoms with E-state index in [0.717, 1.165) is 94.1 Å². The minimum absolute atomic E-state index is 0.816. The molecule has 5 aromatic heterocycles. The number of nitrogens with zero attached hydrogens (tertiary/aromatic N) is 4. The van der Waals surface area contributed by atoms with E-state index in [-0.39, 0.29) is 0 Å². The summed E-state index contributed by atoms with van der Waals surface area (Å²) in [7, 11) is 0. The molecule has 57 heavy (non-hydrogen) atoms. The maximum atomic E-state index is 6.39. The molecule has 12 aromatic rings. The number of hydrogen-bond donors (Lipinski definition) is 0. The van der Waals surface area contributed by atoms with Gasteiger partial charge in [-0.3, -0.25) is 9.97 Å². The molecule has 5 heteroatoms. The number of rotatable bonds is 5. The summed E-state index contributed by atoms with van der Waals surface area (Å²) in [6.45, 7) is 0. The van der Waals surface area contributed by atoms with Gasteiger partial charge < -0.3 is 13.6 Å². The van der Waals surface area contributed by atoms with Gasteiger partial charge in [-0.2, -0.15) is 0 Å². The first-order valence-corrected chi connectivity index (χ1v) is 19.2. The van der Waals surface area contributed by atoms with E-state index in [0.29, 0.717) is 0 Å². The molecule has 0 fully saturated rings. The quantitative estimate of drug-likeness (QED) is 0.177. The molecule has 0 aliphatic carbocycles. The Hall–Kier alpha value is -7.76. The molecule has 0 saturated carbocycles. The molecule has 0 amide bonds. The first-order valence-electron chi connectivity index (χ1n) is 19.2. The van der Waals surface area contributed by atoms with Crippen molar-refractivity contribution in [3.63, 3.8) is 0 Å². The van der Waals surface area contributed by atoms with Gasteiger partial charge in [-0.15, -0.1) is 0 Å². The lowest BCUT2D eigenvalue weighted by molar-refractivity contribution is 0.670. The molecule has 0 aliphatic heterocycles. The van der Waals surface area contributed by atoms with Crippen molar-refractivity contribution in [1.29, 1.82) is 0 Å². The fraction of sp³-hybridized carbons (Fsp3) is 0. The van der Waals surface area contributed by atoms with Gasteiger partial charge in [0.25, 0.3) is 0 Å². The number of aromatic nitrogens is 4. The second kappa shape index (κ2) is 12.4. The SMILES string of the molecule is c1ccc(-c2cccc(-n3c4ccccc4c4cnc(-c5cc6c(cn5)c5ccccc5n6-c5ccc(-c6cccc7c6oc6ccccc67)cc5)cc43)c2)cc1. The highest BCUT2D eigenvalue weighted by Crippen LogP contribution is 2.39. The molecule has 0 radical (unpaired) electrons. The van der Waals surface area contributed by atoms with E-state index in [1.807, 2.05) is 24.5 Å². The van der Waals surface area contributed by atoms with E-state index in [2.05, 4.69) is 179 Å². The molecule has 5 heterocycles. The monoisotopic (exact) mass is 728 g/mol. The second-order valence-corrected chi connectivity index (χ2v) is 14.6. The standard InChI is InChI=1S/C52H32N4O/c1-2-12-33(13-3-1)35-14-10-15-37(28-35)56-48-22-8-5-17-40(48)44-32-54-46(30-50(44)56)45-29-49-43(31-53-45)39-16-4-7-21-47(39)55(49)36-26-24-34(25-27-36)38-19-11-20-42-41-18-6-9-23-51(41)57-52(38)42/h1-32H. The summed E-state index contributed by atoms with van der Waals surface area (Å²) in [6, 6.07) is 64.3. The highest BCUT2D eigenvalue weighted by molar-refractivity contribution is 6.12. The molecule has 12 rings (SSSR count). The van der Waals surface area contributed by atoms with Crippen molar-refractivity contribution in [1.82, 2.24) is 19.1 Å². The smallest absolute Gasteiger partial charge is 0.143 e. The normalized spacial score (nSPS) is 11.9. The number of hydrogen-bond acceptors (Lipinski definition) is 3. The van der Waals surface area contributed by atoms with Crippen LogP contribution in [0.5, 0.6) is 0 Å². The molecule has 0 aliphatic rings. The Morgan fingerprint density at radius 3 is 1.61 bits per heavy atom. The molecule has 7 aromatic carbocycles. The highest BCUT2D eigenvalue weighted by atomic mass is 16.3. The van der Waals surface area contributed by atoms with Crippen LogP contribution in [-0.2, 0) is 0 Å². The Morgan fingerprint density at radius 1 is 0.351 bits per heavy atom. The topological polar surface area (TPSA) is 48.8 Å². The zero-order valence-corrected chi connectivity index (χ0v) is 30.7. The Labute approximate surface area is 327 Å². The summed E-state index contributed by atoms with van der Waals surface area (Å²) in [4.78, 5) is 10.1. The molecule has 0 saturated heterocycles. The molecule has 266 valence electrons. The minimum Gasteiger partial charge on any atom is -0.455 e. The summed E-state index contributed by atoms with van der Waals surface area (Å²) in [5.74, 6) is 0. The molecule has 0 unspecified atom stereocenters. The van der Waals surface area contributed by atoms with Gasteiger partial charge >= 0.3 is 0 Å². The summed E-state index contributed by atoms with van der Waals surface area (Å²) in [5.41, 5.74) is 14.6. The van der Waals surface area contributed by atoms with Crippen molar-refractivity contribution in [3.05, 3.63) is 194 Å². The largest absolute Gasteiger partial charge is 0.455 e. The van der Waals surface area contributed by atoms with Crippen LogP contribution in [0.25, 0.3) is 111 Å². The molecule has 0 spiro atoms. The lowest BCUT2D eigenvalue weighted by Crippen LogP contribution is -1.96. The van der Waals surface area contributed by atoms with E-state index in [1.165, 1.54) is 16.5 Å². The lowest BCUT2D eigenvalue weighted by Gasteiger charge is -2.11. The highest BCUT2D eigenvalue weighted by Gasteiger charge is 2.18. The van der Waals surface area contributed by atoms with Crippen molar-refractivity contribution in [2.75, 3.05) is 0 Å². The van der Waals surface area contributed by atoms with E-state index < -0.39 is 0 Å². The van der Waals surface area contributed by atoms with Gasteiger partial charge in [0, 0.05) is 61.6 Å². The summed E-state index contributed by atoms with van der Waals surface area (Å²) in [6.07, 6.45) is 4.01. The predicted octanol–water partition coefficient (Wildman–Crippen LogP) is 13.6. The van der Waals surface area contributed by atoms with Crippen molar-refractivity contribution >= 4 is 65.6 Å². The van der Waals surface area contributed by atoms with Crippen LogP contribution in [0.3, 0.4) is 0 Å². The molecular formula is C52H32N4O. The number of pyridine rings is 2. The third kappa shape index (κ3) is 4.89. The van der Waals surface area contributed by atoms with Crippen LogP contribution in [0, 0.1) is 0 Å². The number of fused-ring (bicyclic) bond motifs is 9. The van der Waals surface area contributed by atoms with E-state index in [1.54, 1.807) is 0 Å². The second-order valence-electron chi connectivity index (χ2n) is 14.6. The fourth-order valence-electron chi connectivity index (χ4n) is 8.78. The molecule has 5 nitrogen and oxygen atoms in total. The van der Waals surface area contributed by atoms with Gasteiger partial charge in [0.1, 0.15) is 11.2 Å². The van der Waals surface area contributed by atoms with Gasteiger partial charge in [0.05, 0.1) is 33.5 Å². The fourth-order valence-corrected chi connectivity index (χ4v) is 8.78. The average Bonchev–Trinajstić information content (AvgIpc) is 3.94. The number of para-hydroxylation sites is 4. The zero-order valence-electron chi connectivity index (χ0n) is 30.7. The van der Waals surface area contributed by atoms with Gasteiger partial charge in [-0.05, 0) is 71.3 Å². The third-order valence-corrected chi connectivity index (χ3v) is 11.4. The average molecular weight is 729 g/mol. The summed E-state index contributed by atoms with van der Waals surface area (Å²) >= 11 is 0. The van der Waals surface area contributed by atoms with Gasteiger partial charge in [-0.1, -0.05) is 127 Å². The molecular weight excluding hydrogens is 697 g/mol. The Kier molecular flexibility index (Phi) is 6.86. The number of benzene rings is 7. The van der Waals surface area contributed by atoms with Crippen molar-refractivity contribution in [2.45, 2.75) is 0 Å². The van der Waals surface area contributed by atoms with Gasteiger partial charge in [-0.25, -0.2) is 0 Å². The summed E-state index contributed by atoms with van der Waals surface area (Å²) in [5, 5.41) is 6.78. The third-order valence-electron chi connectivity index (χ3n) is 11.4. The van der Waals surface area contributed by atoms with Crippen molar-refractivity contribution in [3.8, 4) is 45.0 Å². The van der Waals surface area contributed by atoms with Crippen molar-refractivity contribution in [2.24, 2.45) is 0 Å². The van der Waals surface area contributed by atoms with E-state index in [4.69, 9.17) is 14.4 Å². The first kappa shape index (κ1) is 31.6. The maximum absolute atomic E-state index is 6.39. The number of furan rings is 1. The zero-order chi connectivity index (χ0) is 37.5. The van der Waals surface area contributed by atoms with Gasteiger partial charge in [0.15, 0.2) is 0 Å². The van der Waals surface area contributed by atoms with E-state index >= 15 is 0 Å². The lowest BCUT2D eigenvalue weighted by atomic mass is 10.0. The summed E-state index contributed by atoms with van der Waals surface area (Å²) < 4.78 is 11.1. The molecule has 0 N–H and O–H groups in total. The van der Waals surface area contributed by atoms with Gasteiger partial charge in [0.2, 0.25) is 0 Å². The molecule has 0 atom stereocenters. The first-order chi connectivity index (χ1) is 28.3. The van der Waals surface area contributed by atoms with Crippen LogP contribution in [0.15, 0.2) is 199 Å². The maximum Gasteiger partial charge on any atom is 0.143 e. The Balaban J connectivity index is 1.00. The van der Waals surface area contributed by atoms with Crippen LogP contribution >= 0.6 is 0 Å². The van der Waals surface area contributed by atoms with Crippen molar-refractivity contribution < 1.29 is 4.42 Å². The Morgan fingerprint density at radius 2 is 0.912 bits per heavy atom. The predicted molar refractivity (Wildman–Crippen MR) is 234 cm³/mol. The Bertz CT molecular complexity index is 3520. The van der Waals surface area contributed by atoms with Crippen LogP contribution in [0.2, 0.25) is 0 Å². The van der Waals surface area contributed by atoms with Crippen LogP contribution in [0.1, 0.15) is 0 Å². The minimum atomic E-state index is 0.816. The van der Waals surface area contributed by atoms with Crippen LogP contribution < -0.4 is 0 Å².